The monoisotopic (exact) mass is 338 g/mol. The average Bonchev–Trinajstić information content (AvgIpc) is 2.89. The molecular weight excluding hydrogens is 324 g/mol. The number of nitrogens with zero attached hydrogens (tertiary/aromatic N) is 1. The van der Waals surface area contributed by atoms with E-state index >= 15 is 0 Å². The van der Waals surface area contributed by atoms with Crippen LogP contribution in [0.1, 0.15) is 5.01 Å². The quantitative estimate of drug-likeness (QED) is 0.933. The molecule has 0 amide bonds. The van der Waals surface area contributed by atoms with E-state index in [0.717, 1.165) is 46.9 Å². The van der Waals surface area contributed by atoms with Crippen LogP contribution in [0.3, 0.4) is 0 Å². The van der Waals surface area contributed by atoms with Crippen LogP contribution >= 0.6 is 27.3 Å². The van der Waals surface area contributed by atoms with Gasteiger partial charge in [0.2, 0.25) is 0 Å². The van der Waals surface area contributed by atoms with Crippen molar-refractivity contribution in [3.63, 3.8) is 0 Å². The molecule has 2 aromatic rings. The minimum absolute atomic E-state index is 0.262. The molecule has 0 aliphatic carbocycles. The van der Waals surface area contributed by atoms with Gasteiger partial charge in [0.1, 0.15) is 0 Å². The molecule has 1 aromatic heterocycles. The van der Waals surface area contributed by atoms with Crippen LogP contribution in [-0.4, -0.2) is 30.8 Å². The summed E-state index contributed by atoms with van der Waals surface area (Å²) in [4.78, 5) is 4.70. The molecule has 3 rings (SSSR count). The maximum atomic E-state index is 5.71. The highest BCUT2D eigenvalue weighted by Crippen LogP contribution is 2.24. The van der Waals surface area contributed by atoms with Crippen LogP contribution in [0.2, 0.25) is 0 Å². The van der Waals surface area contributed by atoms with E-state index in [1.54, 1.807) is 11.3 Å². The van der Waals surface area contributed by atoms with E-state index in [1.807, 2.05) is 12.1 Å². The first-order chi connectivity index (χ1) is 9.31. The molecule has 1 fully saturated rings. The second-order valence-electron chi connectivity index (χ2n) is 4.53. The fourth-order valence-electron chi connectivity index (χ4n) is 2.10. The third-order valence-electron chi connectivity index (χ3n) is 3.10. The number of morpholine rings is 1. The number of hydrogen-bond acceptors (Lipinski definition) is 4. The van der Waals surface area contributed by atoms with Crippen LogP contribution < -0.4 is 5.32 Å². The molecule has 0 radical (unpaired) electrons. The van der Waals surface area contributed by atoms with Gasteiger partial charge in [-0.05, 0) is 12.1 Å². The molecule has 3 nitrogen and oxygen atoms in total. The van der Waals surface area contributed by atoms with Crippen molar-refractivity contribution < 1.29 is 4.74 Å². The molecule has 1 aliphatic rings. The molecule has 1 atom stereocenters. The van der Waals surface area contributed by atoms with E-state index in [0.29, 0.717) is 0 Å². The summed E-state index contributed by atoms with van der Waals surface area (Å²) in [6, 6.07) is 8.26. The van der Waals surface area contributed by atoms with Crippen LogP contribution in [0.15, 0.2) is 34.1 Å². The predicted molar refractivity (Wildman–Crippen MR) is 81.6 cm³/mol. The van der Waals surface area contributed by atoms with Gasteiger partial charge in [0.25, 0.3) is 0 Å². The van der Waals surface area contributed by atoms with Crippen molar-refractivity contribution in [2.45, 2.75) is 12.5 Å². The van der Waals surface area contributed by atoms with Gasteiger partial charge in [-0.2, -0.15) is 0 Å². The lowest BCUT2D eigenvalue weighted by molar-refractivity contribution is 0.0292. The van der Waals surface area contributed by atoms with Gasteiger partial charge >= 0.3 is 0 Å². The first-order valence-corrected chi connectivity index (χ1v) is 8.01. The normalized spacial score (nSPS) is 19.5. The SMILES string of the molecule is Brc1ccc(-c2csc(CC3CNCCO3)n2)cc1. The van der Waals surface area contributed by atoms with Crippen molar-refractivity contribution in [3.8, 4) is 11.3 Å². The highest BCUT2D eigenvalue weighted by molar-refractivity contribution is 9.10. The van der Waals surface area contributed by atoms with Crippen LogP contribution in [0.25, 0.3) is 11.3 Å². The van der Waals surface area contributed by atoms with E-state index in [4.69, 9.17) is 9.72 Å². The molecule has 1 saturated heterocycles. The first kappa shape index (κ1) is 13.2. The van der Waals surface area contributed by atoms with Crippen LogP contribution in [0, 0.1) is 0 Å². The molecule has 19 heavy (non-hydrogen) atoms. The van der Waals surface area contributed by atoms with Crippen molar-refractivity contribution in [2.75, 3.05) is 19.7 Å². The van der Waals surface area contributed by atoms with E-state index in [-0.39, 0.29) is 6.10 Å². The predicted octanol–water partition coefficient (Wildman–Crippen LogP) is 3.10. The van der Waals surface area contributed by atoms with Crippen molar-refractivity contribution in [3.05, 3.63) is 39.1 Å². The summed E-state index contributed by atoms with van der Waals surface area (Å²) in [7, 11) is 0. The molecule has 0 spiro atoms. The third-order valence-corrected chi connectivity index (χ3v) is 4.50. The molecule has 0 bridgehead atoms. The zero-order valence-corrected chi connectivity index (χ0v) is 12.8. The molecule has 5 heteroatoms. The van der Waals surface area contributed by atoms with Gasteiger partial charge in [0.15, 0.2) is 0 Å². The number of thiazole rings is 1. The second kappa shape index (κ2) is 6.13. The summed E-state index contributed by atoms with van der Waals surface area (Å²) < 4.78 is 6.80. The molecule has 1 aromatic carbocycles. The van der Waals surface area contributed by atoms with Gasteiger partial charge in [0, 0.05) is 34.9 Å². The number of rotatable bonds is 3. The molecule has 2 heterocycles. The number of ether oxygens (including phenoxy) is 1. The summed E-state index contributed by atoms with van der Waals surface area (Å²) in [5.74, 6) is 0. The first-order valence-electron chi connectivity index (χ1n) is 6.34. The standard InChI is InChI=1S/C14H15BrN2OS/c15-11-3-1-10(2-4-11)13-9-19-14(17-13)7-12-8-16-5-6-18-12/h1-4,9,12,16H,5-8H2. The van der Waals surface area contributed by atoms with Crippen LogP contribution in [-0.2, 0) is 11.2 Å². The van der Waals surface area contributed by atoms with E-state index in [2.05, 4.69) is 38.8 Å². The largest absolute Gasteiger partial charge is 0.375 e. The minimum Gasteiger partial charge on any atom is -0.375 e. The summed E-state index contributed by atoms with van der Waals surface area (Å²) in [6.07, 6.45) is 1.16. The lowest BCUT2D eigenvalue weighted by atomic mass is 10.2. The Morgan fingerprint density at radius 1 is 1.37 bits per heavy atom. The Morgan fingerprint density at radius 3 is 2.95 bits per heavy atom. The minimum atomic E-state index is 0.262. The summed E-state index contributed by atoms with van der Waals surface area (Å²) in [6.45, 7) is 2.68. The number of nitrogens with one attached hydrogen (secondary N) is 1. The highest BCUT2D eigenvalue weighted by atomic mass is 79.9. The number of halogens is 1. The van der Waals surface area contributed by atoms with Crippen molar-refractivity contribution in [1.82, 2.24) is 10.3 Å². The summed E-state index contributed by atoms with van der Waals surface area (Å²) in [5.41, 5.74) is 2.21. The average molecular weight is 339 g/mol. The van der Waals surface area contributed by atoms with Gasteiger partial charge in [-0.1, -0.05) is 28.1 Å². The topological polar surface area (TPSA) is 34.1 Å². The number of benzene rings is 1. The maximum absolute atomic E-state index is 5.71. The number of hydrogen-bond donors (Lipinski definition) is 1. The number of aromatic nitrogens is 1. The Balaban J connectivity index is 1.70. The molecule has 1 aliphatic heterocycles. The molecule has 0 saturated carbocycles. The van der Waals surface area contributed by atoms with E-state index < -0.39 is 0 Å². The van der Waals surface area contributed by atoms with Crippen LogP contribution in [0.4, 0.5) is 0 Å². The van der Waals surface area contributed by atoms with E-state index in [9.17, 15) is 0 Å². The third kappa shape index (κ3) is 3.42. The molecule has 1 unspecified atom stereocenters. The van der Waals surface area contributed by atoms with Gasteiger partial charge in [-0.3, -0.25) is 0 Å². The molecule has 100 valence electrons. The Labute approximate surface area is 125 Å². The second-order valence-corrected chi connectivity index (χ2v) is 6.39. The van der Waals surface area contributed by atoms with Gasteiger partial charge in [0.05, 0.1) is 23.4 Å². The van der Waals surface area contributed by atoms with Crippen molar-refractivity contribution in [2.24, 2.45) is 0 Å². The smallest absolute Gasteiger partial charge is 0.0958 e. The molecule has 1 N–H and O–H groups in total. The fraction of sp³-hybridized carbons (Fsp3) is 0.357. The molecular formula is C14H15BrN2OS. The lowest BCUT2D eigenvalue weighted by Gasteiger charge is -2.22. The Bertz CT molecular complexity index is 535. The Kier molecular flexibility index (Phi) is 4.28. The van der Waals surface area contributed by atoms with Gasteiger partial charge in [-0.15, -0.1) is 11.3 Å². The van der Waals surface area contributed by atoms with Crippen molar-refractivity contribution >= 4 is 27.3 Å². The fourth-order valence-corrected chi connectivity index (χ4v) is 3.24. The zero-order valence-electron chi connectivity index (χ0n) is 10.4. The van der Waals surface area contributed by atoms with Crippen LogP contribution in [0.5, 0.6) is 0 Å². The zero-order chi connectivity index (χ0) is 13.1. The Morgan fingerprint density at radius 2 is 2.21 bits per heavy atom. The lowest BCUT2D eigenvalue weighted by Crippen LogP contribution is -2.39. The van der Waals surface area contributed by atoms with E-state index in [1.165, 1.54) is 0 Å². The summed E-state index contributed by atoms with van der Waals surface area (Å²) in [5, 5.41) is 6.61. The highest BCUT2D eigenvalue weighted by Gasteiger charge is 2.16. The maximum Gasteiger partial charge on any atom is 0.0958 e. The summed E-state index contributed by atoms with van der Waals surface area (Å²) >= 11 is 5.16. The van der Waals surface area contributed by atoms with Gasteiger partial charge in [-0.25, -0.2) is 4.98 Å². The van der Waals surface area contributed by atoms with Crippen molar-refractivity contribution in [1.29, 1.82) is 0 Å². The Hall–Kier alpha value is -0.750. The van der Waals surface area contributed by atoms with Gasteiger partial charge < -0.3 is 10.1 Å².